The van der Waals surface area contributed by atoms with Gasteiger partial charge in [0.05, 0.1) is 5.69 Å². The Balaban J connectivity index is 1.83. The number of hydrogen-bond donors (Lipinski definition) is 1. The third kappa shape index (κ3) is 3.73. The Morgan fingerprint density at radius 1 is 1.14 bits per heavy atom. The Kier molecular flexibility index (Phi) is 4.73. The lowest BCUT2D eigenvalue weighted by atomic mass is 10.2. The Hall–Kier alpha value is -1.16. The van der Waals surface area contributed by atoms with Crippen LogP contribution < -0.4 is 10.2 Å². The molecule has 0 saturated carbocycles. The predicted molar refractivity (Wildman–Crippen MR) is 91.7 cm³/mol. The van der Waals surface area contributed by atoms with Crippen molar-refractivity contribution < 1.29 is 0 Å². The molecule has 4 heteroatoms. The van der Waals surface area contributed by atoms with Crippen molar-refractivity contribution in [3.63, 3.8) is 0 Å². The summed E-state index contributed by atoms with van der Waals surface area (Å²) in [6.07, 6.45) is 0. The number of hydrogen-bond acceptors (Lipinski definition) is 3. The van der Waals surface area contributed by atoms with Gasteiger partial charge in [0.2, 0.25) is 0 Å². The largest absolute Gasteiger partial charge is 0.368 e. The smallest absolute Gasteiger partial charge is 0.0509 e. The molecule has 0 aliphatic carbocycles. The van der Waals surface area contributed by atoms with Crippen LogP contribution in [0.25, 0.3) is 0 Å². The molecule has 1 heterocycles. The fourth-order valence-corrected chi connectivity index (χ4v) is 3.69. The maximum Gasteiger partial charge on any atom is 0.0509 e. The molecule has 110 valence electrons. The molecule has 1 fully saturated rings. The number of benzene rings is 2. The van der Waals surface area contributed by atoms with E-state index in [4.69, 9.17) is 11.6 Å². The summed E-state index contributed by atoms with van der Waals surface area (Å²) in [5, 5.41) is 4.28. The van der Waals surface area contributed by atoms with Gasteiger partial charge in [0.1, 0.15) is 0 Å². The van der Waals surface area contributed by atoms with Crippen molar-refractivity contribution in [3.8, 4) is 0 Å². The fourth-order valence-electron chi connectivity index (χ4n) is 2.59. The van der Waals surface area contributed by atoms with Crippen LogP contribution in [-0.4, -0.2) is 25.7 Å². The van der Waals surface area contributed by atoms with Crippen molar-refractivity contribution in [1.82, 2.24) is 5.32 Å². The number of rotatable bonds is 3. The van der Waals surface area contributed by atoms with Crippen molar-refractivity contribution in [2.24, 2.45) is 0 Å². The molecule has 1 aliphatic rings. The second-order valence-electron chi connectivity index (χ2n) is 5.32. The van der Waals surface area contributed by atoms with E-state index in [0.29, 0.717) is 6.04 Å². The van der Waals surface area contributed by atoms with Gasteiger partial charge in [0.15, 0.2) is 0 Å². The van der Waals surface area contributed by atoms with Crippen LogP contribution in [0.15, 0.2) is 58.3 Å². The first-order valence-corrected chi connectivity index (χ1v) is 8.42. The van der Waals surface area contributed by atoms with Crippen LogP contribution in [0, 0.1) is 0 Å². The number of piperazine rings is 1. The number of anilines is 1. The molecule has 1 aliphatic heterocycles. The molecule has 1 atom stereocenters. The molecule has 3 rings (SSSR count). The van der Waals surface area contributed by atoms with Crippen molar-refractivity contribution in [1.29, 1.82) is 0 Å². The van der Waals surface area contributed by atoms with Gasteiger partial charge in [-0.05, 0) is 43.3 Å². The van der Waals surface area contributed by atoms with Gasteiger partial charge in [-0.3, -0.25) is 0 Å². The van der Waals surface area contributed by atoms with Crippen molar-refractivity contribution in [2.45, 2.75) is 22.8 Å². The van der Waals surface area contributed by atoms with Crippen LogP contribution in [0.4, 0.5) is 5.69 Å². The van der Waals surface area contributed by atoms with Gasteiger partial charge in [0, 0.05) is 40.5 Å². The Labute approximate surface area is 135 Å². The first-order chi connectivity index (χ1) is 10.2. The van der Waals surface area contributed by atoms with Gasteiger partial charge in [0.25, 0.3) is 0 Å². The Bertz CT molecular complexity index is 600. The van der Waals surface area contributed by atoms with Gasteiger partial charge >= 0.3 is 0 Å². The lowest BCUT2D eigenvalue weighted by Crippen LogP contribution is -2.49. The molecule has 0 aromatic heterocycles. The van der Waals surface area contributed by atoms with Crippen molar-refractivity contribution >= 4 is 29.1 Å². The Morgan fingerprint density at radius 2 is 1.90 bits per heavy atom. The van der Waals surface area contributed by atoms with E-state index >= 15 is 0 Å². The topological polar surface area (TPSA) is 15.3 Å². The highest BCUT2D eigenvalue weighted by atomic mass is 35.5. The summed E-state index contributed by atoms with van der Waals surface area (Å²) in [6.45, 7) is 5.39. The highest BCUT2D eigenvalue weighted by Gasteiger charge is 2.18. The van der Waals surface area contributed by atoms with E-state index in [1.165, 1.54) is 15.5 Å². The van der Waals surface area contributed by atoms with Crippen LogP contribution in [-0.2, 0) is 0 Å². The lowest BCUT2D eigenvalue weighted by molar-refractivity contribution is 0.483. The summed E-state index contributed by atoms with van der Waals surface area (Å²) in [7, 11) is 0. The van der Waals surface area contributed by atoms with Crippen LogP contribution >= 0.6 is 23.4 Å². The zero-order valence-electron chi connectivity index (χ0n) is 12.1. The molecule has 1 N–H and O–H groups in total. The third-order valence-corrected chi connectivity index (χ3v) is 4.94. The van der Waals surface area contributed by atoms with Crippen LogP contribution in [0.2, 0.25) is 5.02 Å². The molecule has 2 aromatic rings. The van der Waals surface area contributed by atoms with Crippen LogP contribution in [0.5, 0.6) is 0 Å². The summed E-state index contributed by atoms with van der Waals surface area (Å²) in [4.78, 5) is 4.99. The van der Waals surface area contributed by atoms with E-state index in [9.17, 15) is 0 Å². The summed E-state index contributed by atoms with van der Waals surface area (Å²) in [6, 6.07) is 17.2. The Morgan fingerprint density at radius 3 is 2.67 bits per heavy atom. The summed E-state index contributed by atoms with van der Waals surface area (Å²) < 4.78 is 0. The maximum atomic E-state index is 5.96. The third-order valence-electron chi connectivity index (χ3n) is 3.62. The molecule has 2 aromatic carbocycles. The molecule has 2 nitrogen and oxygen atoms in total. The monoisotopic (exact) mass is 318 g/mol. The second kappa shape index (κ2) is 6.73. The average molecular weight is 319 g/mol. The number of nitrogens with one attached hydrogen (secondary N) is 1. The van der Waals surface area contributed by atoms with E-state index in [0.717, 1.165) is 24.7 Å². The van der Waals surface area contributed by atoms with E-state index in [2.05, 4.69) is 53.5 Å². The van der Waals surface area contributed by atoms with Gasteiger partial charge < -0.3 is 10.2 Å². The number of para-hydroxylation sites is 1. The summed E-state index contributed by atoms with van der Waals surface area (Å²) in [5.74, 6) is 0. The summed E-state index contributed by atoms with van der Waals surface area (Å²) >= 11 is 7.76. The van der Waals surface area contributed by atoms with Crippen LogP contribution in [0.1, 0.15) is 6.92 Å². The molecular formula is C17H19ClN2S. The minimum Gasteiger partial charge on any atom is -0.368 e. The van der Waals surface area contributed by atoms with Gasteiger partial charge in [-0.25, -0.2) is 0 Å². The first kappa shape index (κ1) is 14.8. The molecular weight excluding hydrogens is 300 g/mol. The quantitative estimate of drug-likeness (QED) is 0.909. The maximum absolute atomic E-state index is 5.96. The van der Waals surface area contributed by atoms with Crippen LogP contribution in [0.3, 0.4) is 0 Å². The van der Waals surface area contributed by atoms with Gasteiger partial charge in [-0.1, -0.05) is 35.5 Å². The van der Waals surface area contributed by atoms with E-state index < -0.39 is 0 Å². The highest BCUT2D eigenvalue weighted by Crippen LogP contribution is 2.36. The van der Waals surface area contributed by atoms with Gasteiger partial charge in [-0.15, -0.1) is 0 Å². The zero-order valence-corrected chi connectivity index (χ0v) is 13.6. The molecule has 0 spiro atoms. The van der Waals surface area contributed by atoms with E-state index in [1.807, 2.05) is 12.1 Å². The SMILES string of the molecule is CC1CN(c2ccccc2Sc2ccc(Cl)cc2)CCN1. The lowest BCUT2D eigenvalue weighted by Gasteiger charge is -2.34. The summed E-state index contributed by atoms with van der Waals surface area (Å²) in [5.41, 5.74) is 1.32. The zero-order chi connectivity index (χ0) is 14.7. The minimum atomic E-state index is 0.535. The van der Waals surface area contributed by atoms with Crippen molar-refractivity contribution in [3.05, 3.63) is 53.6 Å². The molecule has 1 unspecified atom stereocenters. The standard InChI is InChI=1S/C17H19ClN2S/c1-13-12-20(11-10-19-13)16-4-2-3-5-17(16)21-15-8-6-14(18)7-9-15/h2-9,13,19H,10-12H2,1H3. The molecule has 21 heavy (non-hydrogen) atoms. The minimum absolute atomic E-state index is 0.535. The molecule has 1 saturated heterocycles. The van der Waals surface area contributed by atoms with Crippen molar-refractivity contribution in [2.75, 3.05) is 24.5 Å². The van der Waals surface area contributed by atoms with E-state index in [1.54, 1.807) is 11.8 Å². The molecule has 0 amide bonds. The first-order valence-electron chi connectivity index (χ1n) is 7.23. The predicted octanol–water partition coefficient (Wildman–Crippen LogP) is 4.29. The number of halogens is 1. The number of nitrogens with zero attached hydrogens (tertiary/aromatic N) is 1. The highest BCUT2D eigenvalue weighted by molar-refractivity contribution is 7.99. The van der Waals surface area contributed by atoms with Gasteiger partial charge in [-0.2, -0.15) is 0 Å². The second-order valence-corrected chi connectivity index (χ2v) is 6.88. The normalized spacial score (nSPS) is 18.8. The van der Waals surface area contributed by atoms with E-state index in [-0.39, 0.29) is 0 Å². The fraction of sp³-hybridized carbons (Fsp3) is 0.294. The molecule has 0 radical (unpaired) electrons. The average Bonchev–Trinajstić information content (AvgIpc) is 2.50. The molecule has 0 bridgehead atoms.